The van der Waals surface area contributed by atoms with Crippen molar-refractivity contribution >= 4 is 18.3 Å². The molecule has 1 saturated heterocycles. The monoisotopic (exact) mass is 418 g/mol. The SMILES string of the molecule is COc1cc2c(cc1OC)C(c1ccccc1)N(C(=O)C1CNCCO1)CC2.Cl. The van der Waals surface area contributed by atoms with Crippen LogP contribution in [0, 0.1) is 0 Å². The van der Waals surface area contributed by atoms with E-state index < -0.39 is 6.10 Å². The van der Waals surface area contributed by atoms with Crippen LogP contribution in [-0.2, 0) is 16.0 Å². The minimum atomic E-state index is -0.443. The van der Waals surface area contributed by atoms with Crippen molar-refractivity contribution in [3.8, 4) is 11.5 Å². The highest BCUT2D eigenvalue weighted by Crippen LogP contribution is 2.41. The zero-order valence-electron chi connectivity index (χ0n) is 16.7. The number of methoxy groups -OCH3 is 2. The summed E-state index contributed by atoms with van der Waals surface area (Å²) < 4.78 is 16.8. The molecule has 6 nitrogen and oxygen atoms in total. The standard InChI is InChI=1S/C22H26N2O4.ClH/c1-26-18-12-16-8-10-24(22(25)20-14-23-9-11-28-20)21(15-6-4-3-5-7-15)17(16)13-19(18)27-2;/h3-7,12-13,20-21,23H,8-11,14H2,1-2H3;1H. The van der Waals surface area contributed by atoms with Gasteiger partial charge in [0.2, 0.25) is 0 Å². The molecule has 2 unspecified atom stereocenters. The van der Waals surface area contributed by atoms with E-state index in [4.69, 9.17) is 14.2 Å². The Morgan fingerprint density at radius 1 is 1.14 bits per heavy atom. The molecular formula is C22H27ClN2O4. The van der Waals surface area contributed by atoms with Crippen LogP contribution >= 0.6 is 12.4 Å². The van der Waals surface area contributed by atoms with Crippen molar-refractivity contribution in [2.75, 3.05) is 40.5 Å². The lowest BCUT2D eigenvalue weighted by atomic mass is 9.87. The molecule has 0 saturated carbocycles. The van der Waals surface area contributed by atoms with Crippen LogP contribution in [-0.4, -0.2) is 57.4 Å². The maximum atomic E-state index is 13.3. The van der Waals surface area contributed by atoms with Gasteiger partial charge in [-0.25, -0.2) is 0 Å². The molecule has 0 spiro atoms. The minimum absolute atomic E-state index is 0. The fourth-order valence-electron chi connectivity index (χ4n) is 4.09. The van der Waals surface area contributed by atoms with Gasteiger partial charge >= 0.3 is 0 Å². The van der Waals surface area contributed by atoms with E-state index >= 15 is 0 Å². The Kier molecular flexibility index (Phi) is 7.00. The second-order valence-electron chi connectivity index (χ2n) is 7.06. The molecule has 2 aromatic rings. The largest absolute Gasteiger partial charge is 0.493 e. The van der Waals surface area contributed by atoms with Crippen molar-refractivity contribution in [1.82, 2.24) is 10.2 Å². The van der Waals surface area contributed by atoms with Crippen molar-refractivity contribution in [2.24, 2.45) is 0 Å². The smallest absolute Gasteiger partial charge is 0.253 e. The van der Waals surface area contributed by atoms with Crippen LogP contribution in [0.4, 0.5) is 0 Å². The third-order valence-electron chi connectivity index (χ3n) is 5.48. The van der Waals surface area contributed by atoms with E-state index in [-0.39, 0.29) is 24.4 Å². The lowest BCUT2D eigenvalue weighted by molar-refractivity contribution is -0.147. The molecule has 7 heteroatoms. The molecule has 0 aromatic heterocycles. The summed E-state index contributed by atoms with van der Waals surface area (Å²) in [5.41, 5.74) is 3.33. The number of benzene rings is 2. The molecule has 2 aliphatic rings. The van der Waals surface area contributed by atoms with E-state index in [2.05, 4.69) is 17.4 Å². The van der Waals surface area contributed by atoms with Crippen LogP contribution in [0.3, 0.4) is 0 Å². The summed E-state index contributed by atoms with van der Waals surface area (Å²) in [4.78, 5) is 15.3. The number of fused-ring (bicyclic) bond motifs is 1. The number of rotatable bonds is 4. The zero-order valence-corrected chi connectivity index (χ0v) is 17.5. The number of hydrogen-bond acceptors (Lipinski definition) is 5. The Morgan fingerprint density at radius 2 is 1.86 bits per heavy atom. The molecule has 2 heterocycles. The molecule has 2 aliphatic heterocycles. The molecule has 156 valence electrons. The molecule has 2 aromatic carbocycles. The third kappa shape index (κ3) is 4.20. The van der Waals surface area contributed by atoms with Crippen LogP contribution in [0.25, 0.3) is 0 Å². The maximum absolute atomic E-state index is 13.3. The van der Waals surface area contributed by atoms with Crippen LogP contribution in [0.5, 0.6) is 11.5 Å². The van der Waals surface area contributed by atoms with Crippen LogP contribution < -0.4 is 14.8 Å². The number of carbonyl (C=O) groups is 1. The summed E-state index contributed by atoms with van der Waals surface area (Å²) in [6, 6.07) is 14.0. The van der Waals surface area contributed by atoms with Gasteiger partial charge in [-0.15, -0.1) is 12.4 Å². The maximum Gasteiger partial charge on any atom is 0.253 e. The number of amides is 1. The third-order valence-corrected chi connectivity index (χ3v) is 5.48. The molecule has 29 heavy (non-hydrogen) atoms. The van der Waals surface area contributed by atoms with Gasteiger partial charge in [0.05, 0.1) is 26.9 Å². The van der Waals surface area contributed by atoms with E-state index in [1.165, 1.54) is 5.56 Å². The fraction of sp³-hybridized carbons (Fsp3) is 0.409. The second-order valence-corrected chi connectivity index (χ2v) is 7.06. The van der Waals surface area contributed by atoms with Crippen molar-refractivity contribution in [3.05, 3.63) is 59.2 Å². The molecule has 1 amide bonds. The first-order valence-corrected chi connectivity index (χ1v) is 9.65. The van der Waals surface area contributed by atoms with Gasteiger partial charge in [0.25, 0.3) is 5.91 Å². The van der Waals surface area contributed by atoms with Gasteiger partial charge in [-0.1, -0.05) is 30.3 Å². The molecule has 1 fully saturated rings. The highest BCUT2D eigenvalue weighted by molar-refractivity contribution is 5.85. The van der Waals surface area contributed by atoms with Crippen molar-refractivity contribution in [2.45, 2.75) is 18.6 Å². The highest BCUT2D eigenvalue weighted by Gasteiger charge is 2.37. The highest BCUT2D eigenvalue weighted by atomic mass is 35.5. The van der Waals surface area contributed by atoms with Crippen molar-refractivity contribution in [1.29, 1.82) is 0 Å². The van der Waals surface area contributed by atoms with Gasteiger partial charge in [0.1, 0.15) is 6.10 Å². The van der Waals surface area contributed by atoms with E-state index in [9.17, 15) is 4.79 Å². The Balaban J connectivity index is 0.00000240. The summed E-state index contributed by atoms with van der Waals surface area (Å²) in [6.45, 7) is 2.53. The molecule has 1 N–H and O–H groups in total. The summed E-state index contributed by atoms with van der Waals surface area (Å²) >= 11 is 0. The summed E-state index contributed by atoms with van der Waals surface area (Å²) in [6.07, 6.45) is 0.326. The predicted molar refractivity (Wildman–Crippen MR) is 113 cm³/mol. The van der Waals surface area contributed by atoms with Gasteiger partial charge < -0.3 is 24.4 Å². The average molecular weight is 419 g/mol. The van der Waals surface area contributed by atoms with Crippen LogP contribution in [0.1, 0.15) is 22.7 Å². The van der Waals surface area contributed by atoms with Gasteiger partial charge in [-0.05, 0) is 35.2 Å². The van der Waals surface area contributed by atoms with Crippen LogP contribution in [0.2, 0.25) is 0 Å². The van der Waals surface area contributed by atoms with Crippen molar-refractivity contribution < 1.29 is 19.0 Å². The van der Waals surface area contributed by atoms with E-state index in [1.54, 1.807) is 14.2 Å². The molecule has 0 bridgehead atoms. The first kappa shape index (κ1) is 21.4. The van der Waals surface area contributed by atoms with E-state index in [0.717, 1.165) is 24.1 Å². The molecule has 2 atom stereocenters. The zero-order chi connectivity index (χ0) is 19.5. The first-order chi connectivity index (χ1) is 13.7. The number of ether oxygens (including phenoxy) is 3. The Hall–Kier alpha value is -2.28. The van der Waals surface area contributed by atoms with Gasteiger partial charge in [0.15, 0.2) is 11.5 Å². The quantitative estimate of drug-likeness (QED) is 0.827. The van der Waals surface area contributed by atoms with E-state index in [1.807, 2.05) is 35.2 Å². The number of morpholine rings is 1. The molecule has 0 radical (unpaired) electrons. The number of halogens is 1. The Labute approximate surface area is 177 Å². The molecule has 4 rings (SSSR count). The number of hydrogen-bond donors (Lipinski definition) is 1. The topological polar surface area (TPSA) is 60.0 Å². The summed E-state index contributed by atoms with van der Waals surface area (Å²) in [7, 11) is 3.28. The lowest BCUT2D eigenvalue weighted by Crippen LogP contribution is -2.52. The van der Waals surface area contributed by atoms with Crippen molar-refractivity contribution in [3.63, 3.8) is 0 Å². The van der Waals surface area contributed by atoms with Crippen LogP contribution in [0.15, 0.2) is 42.5 Å². The van der Waals surface area contributed by atoms with Gasteiger partial charge in [-0.3, -0.25) is 4.79 Å². The van der Waals surface area contributed by atoms with Gasteiger partial charge in [-0.2, -0.15) is 0 Å². The van der Waals surface area contributed by atoms with Gasteiger partial charge in [0, 0.05) is 19.6 Å². The lowest BCUT2D eigenvalue weighted by Gasteiger charge is -2.40. The first-order valence-electron chi connectivity index (χ1n) is 9.65. The normalized spacial score (nSPS) is 21.0. The second kappa shape index (κ2) is 9.48. The Bertz CT molecular complexity index is 840. The predicted octanol–water partition coefficient (Wildman–Crippen LogP) is 2.59. The number of carbonyl (C=O) groups excluding carboxylic acids is 1. The van der Waals surface area contributed by atoms with E-state index in [0.29, 0.717) is 31.2 Å². The Morgan fingerprint density at radius 3 is 2.52 bits per heavy atom. The molecule has 0 aliphatic carbocycles. The number of nitrogens with zero attached hydrogens (tertiary/aromatic N) is 1. The number of nitrogens with one attached hydrogen (secondary N) is 1. The average Bonchev–Trinajstić information content (AvgIpc) is 2.77. The summed E-state index contributed by atoms with van der Waals surface area (Å²) in [5, 5.41) is 3.25. The minimum Gasteiger partial charge on any atom is -0.493 e. The summed E-state index contributed by atoms with van der Waals surface area (Å²) in [5.74, 6) is 1.42. The fourth-order valence-corrected chi connectivity index (χ4v) is 4.09. The molecular weight excluding hydrogens is 392 g/mol.